The molecule has 0 aliphatic heterocycles. The molecule has 0 radical (unpaired) electrons. The maximum atomic E-state index is 8.56. The van der Waals surface area contributed by atoms with Gasteiger partial charge >= 0.3 is 59.1 Å². The molecule has 1 N–H and O–H groups in total. The van der Waals surface area contributed by atoms with Crippen LogP contribution < -0.4 is 76.1 Å². The van der Waals surface area contributed by atoms with Crippen molar-refractivity contribution in [2.24, 2.45) is 0 Å². The topological polar surface area (TPSA) is 60.4 Å². The average molecular weight is 207 g/mol. The van der Waals surface area contributed by atoms with Gasteiger partial charge in [-0.3, -0.25) is 0 Å². The summed E-state index contributed by atoms with van der Waals surface area (Å²) in [4.78, 5) is 0. The summed E-state index contributed by atoms with van der Waals surface area (Å²) < 4.78 is 24.1. The first-order valence-corrected chi connectivity index (χ1v) is 1.55. The predicted octanol–water partition coefficient (Wildman–Crippen LogP) is -9.65. The molecule has 34 valence electrons. The van der Waals surface area contributed by atoms with Crippen molar-refractivity contribution in [3.63, 3.8) is 0 Å². The van der Waals surface area contributed by atoms with E-state index in [0.717, 1.165) is 0 Å². The second-order valence-electron chi connectivity index (χ2n) is 0.217. The summed E-state index contributed by atoms with van der Waals surface area (Å²) in [6, 6.07) is 0. The summed E-state index contributed by atoms with van der Waals surface area (Å²) >= 11 is -2.86. The van der Waals surface area contributed by atoms with Crippen LogP contribution in [-0.2, 0) is 11.4 Å². The van der Waals surface area contributed by atoms with Crippen LogP contribution in [-0.4, -0.2) is 13.3 Å². The van der Waals surface area contributed by atoms with Crippen molar-refractivity contribution in [3.05, 3.63) is 0 Å². The second kappa shape index (κ2) is 15.8. The van der Waals surface area contributed by atoms with Gasteiger partial charge in [-0.1, -0.05) is 0 Å². The van der Waals surface area contributed by atoms with Gasteiger partial charge in [0.1, 0.15) is 0 Å². The van der Waals surface area contributed by atoms with Crippen LogP contribution in [0.3, 0.4) is 0 Å². The molecule has 0 aliphatic carbocycles. The van der Waals surface area contributed by atoms with Crippen molar-refractivity contribution < 1.29 is 89.4 Å². The Labute approximate surface area is 99.1 Å². The van der Waals surface area contributed by atoms with E-state index in [1.807, 2.05) is 0 Å². The molecule has 0 aromatic heterocycles. The van der Waals surface area contributed by atoms with E-state index in [9.17, 15) is 0 Å². The zero-order chi connectivity index (χ0) is 3.58. The molecule has 7 heavy (non-hydrogen) atoms. The Bertz CT molecular complexity index is 35.9. The minimum absolute atomic E-state index is 0. The number of halogens is 1. The minimum Gasteiger partial charge on any atom is -1.00 e. The first-order valence-electron chi connectivity index (χ1n) is 0.516. The van der Waals surface area contributed by atoms with Crippen molar-refractivity contribution in [3.8, 4) is 0 Å². The van der Waals surface area contributed by atoms with Gasteiger partial charge in [-0.05, 0) is 0 Å². The van der Waals surface area contributed by atoms with Gasteiger partial charge in [0.15, 0.2) is 0 Å². The Morgan fingerprint density at radius 3 is 1.43 bits per heavy atom. The molecule has 0 rings (SSSR count). The van der Waals surface area contributed by atoms with Crippen molar-refractivity contribution in [1.29, 1.82) is 0 Å². The zero-order valence-corrected chi connectivity index (χ0v) is 10.5. The third kappa shape index (κ3) is 56.4. The third-order valence-corrected chi connectivity index (χ3v) is 0. The Morgan fingerprint density at radius 2 is 1.43 bits per heavy atom. The molecular formula is HBrNa2O3S. The van der Waals surface area contributed by atoms with E-state index in [0.29, 0.717) is 0 Å². The van der Waals surface area contributed by atoms with E-state index in [4.69, 9.17) is 13.3 Å². The summed E-state index contributed by atoms with van der Waals surface area (Å²) in [6.07, 6.45) is 0. The van der Waals surface area contributed by atoms with Crippen molar-refractivity contribution in [2.75, 3.05) is 0 Å². The van der Waals surface area contributed by atoms with Gasteiger partial charge in [-0.25, -0.2) is 4.21 Å². The summed E-state index contributed by atoms with van der Waals surface area (Å²) in [6.45, 7) is 0. The van der Waals surface area contributed by atoms with Crippen LogP contribution in [0, 0.1) is 0 Å². The maximum absolute atomic E-state index is 8.56. The van der Waals surface area contributed by atoms with Gasteiger partial charge in [0, 0.05) is 0 Å². The molecule has 0 heterocycles. The Kier molecular flexibility index (Phi) is 51.2. The van der Waals surface area contributed by atoms with E-state index < -0.39 is 11.4 Å². The molecule has 1 atom stereocenters. The number of hydrogen-bond donors (Lipinski definition) is 1. The third-order valence-electron chi connectivity index (χ3n) is 0. The SMILES string of the molecule is O=S([O-])O.[Br-].[Na+].[Na+]. The standard InChI is InChI=1S/BrH.2Na.H2O3S/c;;;1-4(2)3/h1H;;;(H2,1,2,3)/q;2*+1;/p-2. The smallest absolute Gasteiger partial charge is 1.00 e. The van der Waals surface area contributed by atoms with Crippen LogP contribution in [0.1, 0.15) is 0 Å². The van der Waals surface area contributed by atoms with Gasteiger partial charge in [-0.15, -0.1) is 0 Å². The summed E-state index contributed by atoms with van der Waals surface area (Å²) in [5.41, 5.74) is 0. The first-order chi connectivity index (χ1) is 1.73. The van der Waals surface area contributed by atoms with E-state index >= 15 is 0 Å². The zero-order valence-electron chi connectivity index (χ0n) is 4.05. The summed E-state index contributed by atoms with van der Waals surface area (Å²) in [5, 5.41) is 0. The van der Waals surface area contributed by atoms with Crippen LogP contribution >= 0.6 is 0 Å². The van der Waals surface area contributed by atoms with E-state index in [-0.39, 0.29) is 76.1 Å². The fourth-order valence-corrected chi connectivity index (χ4v) is 0. The second-order valence-corrected chi connectivity index (χ2v) is 0.651. The van der Waals surface area contributed by atoms with Gasteiger partial charge in [0.2, 0.25) is 0 Å². The van der Waals surface area contributed by atoms with Gasteiger partial charge in [0.05, 0.1) is 11.4 Å². The molecular weight excluding hydrogens is 206 g/mol. The molecule has 0 saturated heterocycles. The van der Waals surface area contributed by atoms with Crippen LogP contribution in [0.4, 0.5) is 0 Å². The Morgan fingerprint density at radius 1 is 1.43 bits per heavy atom. The van der Waals surface area contributed by atoms with Crippen LogP contribution in [0.25, 0.3) is 0 Å². The molecule has 0 amide bonds. The molecule has 0 spiro atoms. The molecule has 0 aromatic rings. The largest absolute Gasteiger partial charge is 1.00 e. The van der Waals surface area contributed by atoms with E-state index in [2.05, 4.69) is 0 Å². The molecule has 0 aromatic carbocycles. The Balaban J connectivity index is -0.0000000150. The van der Waals surface area contributed by atoms with E-state index in [1.165, 1.54) is 0 Å². The van der Waals surface area contributed by atoms with Crippen molar-refractivity contribution >= 4 is 11.4 Å². The molecule has 1 unspecified atom stereocenters. The van der Waals surface area contributed by atoms with Crippen molar-refractivity contribution in [2.45, 2.75) is 0 Å². The van der Waals surface area contributed by atoms with Crippen LogP contribution in [0.2, 0.25) is 0 Å². The fourth-order valence-electron chi connectivity index (χ4n) is 0. The summed E-state index contributed by atoms with van der Waals surface area (Å²) in [5.74, 6) is 0. The fraction of sp³-hybridized carbons (Fsp3) is 0. The molecule has 0 fully saturated rings. The molecule has 0 bridgehead atoms. The normalized spacial score (nSPS) is 8.86. The number of hydrogen-bond acceptors (Lipinski definition) is 2. The van der Waals surface area contributed by atoms with Gasteiger partial charge < -0.3 is 26.1 Å². The molecule has 0 saturated carbocycles. The molecule has 7 heteroatoms. The average Bonchev–Trinajstić information content (AvgIpc) is 0.811. The summed E-state index contributed by atoms with van der Waals surface area (Å²) in [7, 11) is 0. The quantitative estimate of drug-likeness (QED) is 0.317. The van der Waals surface area contributed by atoms with Crippen molar-refractivity contribution in [1.82, 2.24) is 0 Å². The van der Waals surface area contributed by atoms with Crippen LogP contribution in [0.5, 0.6) is 0 Å². The van der Waals surface area contributed by atoms with Gasteiger partial charge in [0.25, 0.3) is 0 Å². The molecule has 0 aliphatic rings. The first kappa shape index (κ1) is 22.7. The van der Waals surface area contributed by atoms with Gasteiger partial charge in [-0.2, -0.15) is 0 Å². The monoisotopic (exact) mass is 206 g/mol. The van der Waals surface area contributed by atoms with Crippen LogP contribution in [0.15, 0.2) is 0 Å². The number of rotatable bonds is 0. The predicted molar refractivity (Wildman–Crippen MR) is 11.5 cm³/mol. The molecule has 3 nitrogen and oxygen atoms in total. The maximum Gasteiger partial charge on any atom is 1.00 e. The van der Waals surface area contributed by atoms with E-state index in [1.54, 1.807) is 0 Å². The minimum atomic E-state index is -2.86. The Hall–Kier alpha value is 2.55.